The summed E-state index contributed by atoms with van der Waals surface area (Å²) in [5.74, 6) is -0.406. The van der Waals surface area contributed by atoms with Gasteiger partial charge in [-0.1, -0.05) is 0 Å². The SMILES string of the molecule is CC(=O)N[C@H]1C(O)O[C@H](CO)[C@H](N)[C@@H]1O. The molecule has 7 heteroatoms. The monoisotopic (exact) mass is 220 g/mol. The fourth-order valence-corrected chi connectivity index (χ4v) is 1.54. The number of carbonyl (C=O) groups is 1. The topological polar surface area (TPSA) is 125 Å². The van der Waals surface area contributed by atoms with Crippen molar-refractivity contribution in [1.82, 2.24) is 5.32 Å². The Morgan fingerprint density at radius 1 is 1.53 bits per heavy atom. The molecule has 0 aromatic carbocycles. The molecule has 15 heavy (non-hydrogen) atoms. The first-order chi connectivity index (χ1) is 6.97. The molecule has 6 N–H and O–H groups in total. The number of nitrogens with one attached hydrogen (secondary N) is 1. The van der Waals surface area contributed by atoms with Gasteiger partial charge in [0, 0.05) is 6.92 Å². The molecule has 0 aromatic heterocycles. The first kappa shape index (κ1) is 12.3. The van der Waals surface area contributed by atoms with Crippen LogP contribution in [0.5, 0.6) is 0 Å². The van der Waals surface area contributed by atoms with Crippen molar-refractivity contribution in [1.29, 1.82) is 0 Å². The first-order valence-corrected chi connectivity index (χ1v) is 4.62. The van der Waals surface area contributed by atoms with Crippen LogP contribution in [-0.4, -0.2) is 58.4 Å². The van der Waals surface area contributed by atoms with E-state index in [1.54, 1.807) is 0 Å². The predicted octanol–water partition coefficient (Wildman–Crippen LogP) is -3.11. The molecule has 0 aromatic rings. The van der Waals surface area contributed by atoms with E-state index in [4.69, 9.17) is 15.6 Å². The Bertz CT molecular complexity index is 237. The highest BCUT2D eigenvalue weighted by Crippen LogP contribution is 2.18. The van der Waals surface area contributed by atoms with Gasteiger partial charge in [0.05, 0.1) is 18.8 Å². The minimum Gasteiger partial charge on any atom is -0.394 e. The molecule has 1 aliphatic heterocycles. The van der Waals surface area contributed by atoms with Gasteiger partial charge in [0.1, 0.15) is 12.1 Å². The Hall–Kier alpha value is -0.730. The molecule has 1 aliphatic rings. The van der Waals surface area contributed by atoms with Gasteiger partial charge < -0.3 is 31.1 Å². The zero-order valence-corrected chi connectivity index (χ0v) is 8.33. The second-order valence-corrected chi connectivity index (χ2v) is 3.54. The minimum absolute atomic E-state index is 0.401. The fourth-order valence-electron chi connectivity index (χ4n) is 1.54. The van der Waals surface area contributed by atoms with Gasteiger partial charge >= 0.3 is 0 Å². The van der Waals surface area contributed by atoms with E-state index in [1.165, 1.54) is 6.92 Å². The number of rotatable bonds is 2. The molecule has 1 rings (SSSR count). The summed E-state index contributed by atoms with van der Waals surface area (Å²) in [6.45, 7) is 0.852. The predicted molar refractivity (Wildman–Crippen MR) is 49.6 cm³/mol. The number of amides is 1. The lowest BCUT2D eigenvalue weighted by Gasteiger charge is -2.40. The molecule has 5 atom stereocenters. The van der Waals surface area contributed by atoms with Gasteiger partial charge in [-0.25, -0.2) is 0 Å². The van der Waals surface area contributed by atoms with Gasteiger partial charge in [0.2, 0.25) is 5.91 Å². The average Bonchev–Trinajstić information content (AvgIpc) is 2.18. The maximum absolute atomic E-state index is 10.8. The Labute approximate surface area is 86.8 Å². The summed E-state index contributed by atoms with van der Waals surface area (Å²) in [5.41, 5.74) is 5.56. The van der Waals surface area contributed by atoms with E-state index in [-0.39, 0.29) is 0 Å². The molecule has 1 amide bonds. The van der Waals surface area contributed by atoms with Crippen molar-refractivity contribution >= 4 is 5.91 Å². The summed E-state index contributed by atoms with van der Waals surface area (Å²) < 4.78 is 4.94. The van der Waals surface area contributed by atoms with Crippen molar-refractivity contribution < 1.29 is 24.9 Å². The van der Waals surface area contributed by atoms with Gasteiger partial charge in [-0.3, -0.25) is 4.79 Å². The van der Waals surface area contributed by atoms with E-state index in [9.17, 15) is 15.0 Å². The van der Waals surface area contributed by atoms with Crippen LogP contribution in [0.3, 0.4) is 0 Å². The van der Waals surface area contributed by atoms with Crippen molar-refractivity contribution in [3.63, 3.8) is 0 Å². The Balaban J connectivity index is 2.70. The quantitative estimate of drug-likeness (QED) is 0.335. The van der Waals surface area contributed by atoms with E-state index < -0.39 is 43.1 Å². The highest BCUT2D eigenvalue weighted by molar-refractivity contribution is 5.73. The number of aliphatic hydroxyl groups is 3. The molecule has 0 spiro atoms. The molecule has 88 valence electrons. The van der Waals surface area contributed by atoms with Crippen molar-refractivity contribution in [2.24, 2.45) is 5.73 Å². The van der Waals surface area contributed by atoms with Crippen LogP contribution in [0.1, 0.15) is 6.92 Å². The highest BCUT2D eigenvalue weighted by Gasteiger charge is 2.42. The summed E-state index contributed by atoms with van der Waals surface area (Å²) in [6.07, 6.45) is -3.37. The molecule has 1 saturated heterocycles. The largest absolute Gasteiger partial charge is 0.394 e. The van der Waals surface area contributed by atoms with Crippen LogP contribution in [0, 0.1) is 0 Å². The Kier molecular flexibility index (Phi) is 4.00. The second kappa shape index (κ2) is 4.86. The summed E-state index contributed by atoms with van der Waals surface area (Å²) >= 11 is 0. The van der Waals surface area contributed by atoms with Crippen molar-refractivity contribution in [2.75, 3.05) is 6.61 Å². The number of carbonyl (C=O) groups excluding carboxylic acids is 1. The zero-order valence-electron chi connectivity index (χ0n) is 8.33. The van der Waals surface area contributed by atoms with E-state index >= 15 is 0 Å². The third-order valence-corrected chi connectivity index (χ3v) is 2.36. The van der Waals surface area contributed by atoms with Crippen LogP contribution in [0.15, 0.2) is 0 Å². The van der Waals surface area contributed by atoms with Crippen LogP contribution in [0.25, 0.3) is 0 Å². The highest BCUT2D eigenvalue weighted by atomic mass is 16.6. The average molecular weight is 220 g/mol. The lowest BCUT2D eigenvalue weighted by Crippen LogP contribution is -2.66. The zero-order chi connectivity index (χ0) is 11.6. The van der Waals surface area contributed by atoms with Gasteiger partial charge in [-0.15, -0.1) is 0 Å². The molecule has 0 saturated carbocycles. The number of hydrogen-bond acceptors (Lipinski definition) is 6. The van der Waals surface area contributed by atoms with Crippen molar-refractivity contribution in [3.8, 4) is 0 Å². The number of nitrogens with two attached hydrogens (primary N) is 1. The Morgan fingerprint density at radius 2 is 2.13 bits per heavy atom. The van der Waals surface area contributed by atoms with E-state index in [0.29, 0.717) is 0 Å². The minimum atomic E-state index is -1.37. The molecule has 1 fully saturated rings. The lowest BCUT2D eigenvalue weighted by molar-refractivity contribution is -0.221. The van der Waals surface area contributed by atoms with Crippen molar-refractivity contribution in [3.05, 3.63) is 0 Å². The van der Waals surface area contributed by atoms with Gasteiger partial charge in [-0.05, 0) is 0 Å². The van der Waals surface area contributed by atoms with Crippen LogP contribution in [0.2, 0.25) is 0 Å². The van der Waals surface area contributed by atoms with E-state index in [0.717, 1.165) is 0 Å². The maximum atomic E-state index is 10.8. The summed E-state index contributed by atoms with van der Waals surface area (Å²) in [7, 11) is 0. The molecule has 0 radical (unpaired) electrons. The second-order valence-electron chi connectivity index (χ2n) is 3.54. The van der Waals surface area contributed by atoms with Gasteiger partial charge in [-0.2, -0.15) is 0 Å². The van der Waals surface area contributed by atoms with Crippen LogP contribution in [-0.2, 0) is 9.53 Å². The standard InChI is InChI=1S/C8H16N2O5/c1-3(12)10-6-7(13)5(9)4(2-11)15-8(6)14/h4-8,11,13-14H,2,9H2,1H3,(H,10,12)/t4-,5+,6-,7+,8?/m1/s1. The smallest absolute Gasteiger partial charge is 0.217 e. The molecule has 0 aliphatic carbocycles. The van der Waals surface area contributed by atoms with Crippen LogP contribution in [0.4, 0.5) is 0 Å². The molecular weight excluding hydrogens is 204 g/mol. The lowest BCUT2D eigenvalue weighted by atomic mass is 9.95. The summed E-state index contributed by atoms with van der Waals surface area (Å²) in [6, 6.07) is -1.82. The maximum Gasteiger partial charge on any atom is 0.217 e. The normalized spacial score (nSPS) is 41.3. The molecule has 0 bridgehead atoms. The molecule has 1 heterocycles. The van der Waals surface area contributed by atoms with Gasteiger partial charge in [0.25, 0.3) is 0 Å². The fraction of sp³-hybridized carbons (Fsp3) is 0.875. The first-order valence-electron chi connectivity index (χ1n) is 4.62. The molecule has 7 nitrogen and oxygen atoms in total. The molecular formula is C8H16N2O5. The van der Waals surface area contributed by atoms with Crippen LogP contribution >= 0.6 is 0 Å². The number of hydrogen-bond donors (Lipinski definition) is 5. The van der Waals surface area contributed by atoms with Crippen LogP contribution < -0.4 is 11.1 Å². The summed E-state index contributed by atoms with van der Waals surface area (Å²) in [4.78, 5) is 10.8. The number of aliphatic hydroxyl groups excluding tert-OH is 3. The van der Waals surface area contributed by atoms with E-state index in [2.05, 4.69) is 5.32 Å². The third-order valence-electron chi connectivity index (χ3n) is 2.36. The Morgan fingerprint density at radius 3 is 2.60 bits per heavy atom. The van der Waals surface area contributed by atoms with Gasteiger partial charge in [0.15, 0.2) is 6.29 Å². The number of ether oxygens (including phenoxy) is 1. The third kappa shape index (κ3) is 2.64. The van der Waals surface area contributed by atoms with Crippen molar-refractivity contribution in [2.45, 2.75) is 37.5 Å². The van der Waals surface area contributed by atoms with E-state index in [1.807, 2.05) is 0 Å². The molecule has 1 unspecified atom stereocenters. The summed E-state index contributed by atoms with van der Waals surface area (Å²) in [5, 5.41) is 30.3.